The molecule has 1 aromatic carbocycles. The van der Waals surface area contributed by atoms with Crippen LogP contribution in [0.5, 0.6) is 0 Å². The SMILES string of the molecule is CNc1nc(-c2ccccc2)cs1.O=CCCCc1cc(C(=O)NO)no1. The maximum atomic E-state index is 10.8. The minimum Gasteiger partial charge on any atom is -0.365 e. The van der Waals surface area contributed by atoms with E-state index in [0.29, 0.717) is 25.0 Å². The molecule has 2 heterocycles. The summed E-state index contributed by atoms with van der Waals surface area (Å²) in [5.41, 5.74) is 3.67. The third-order valence-electron chi connectivity index (χ3n) is 3.43. The van der Waals surface area contributed by atoms with E-state index in [0.717, 1.165) is 17.1 Å². The second-order valence-corrected chi connectivity index (χ2v) is 6.19. The zero-order valence-corrected chi connectivity index (χ0v) is 15.5. The summed E-state index contributed by atoms with van der Waals surface area (Å²) >= 11 is 1.62. The number of carbonyl (C=O) groups excluding carboxylic acids is 2. The van der Waals surface area contributed by atoms with Gasteiger partial charge in [0.1, 0.15) is 12.0 Å². The summed E-state index contributed by atoms with van der Waals surface area (Å²) in [5.74, 6) is -0.194. The first-order chi connectivity index (χ1) is 13.2. The Morgan fingerprint density at radius 3 is 2.74 bits per heavy atom. The summed E-state index contributed by atoms with van der Waals surface area (Å²) in [6, 6.07) is 11.6. The van der Waals surface area contributed by atoms with E-state index in [1.807, 2.05) is 25.2 Å². The molecule has 9 heteroatoms. The van der Waals surface area contributed by atoms with Crippen molar-refractivity contribution in [2.75, 3.05) is 12.4 Å². The third-order valence-corrected chi connectivity index (χ3v) is 4.29. The summed E-state index contributed by atoms with van der Waals surface area (Å²) < 4.78 is 4.80. The van der Waals surface area contributed by atoms with Crippen LogP contribution in [0.25, 0.3) is 11.3 Å². The first kappa shape index (κ1) is 20.3. The van der Waals surface area contributed by atoms with Crippen molar-refractivity contribution in [2.24, 2.45) is 0 Å². The molecule has 1 amide bonds. The minimum absolute atomic E-state index is 0.0219. The van der Waals surface area contributed by atoms with Gasteiger partial charge in [0.15, 0.2) is 10.8 Å². The predicted molar refractivity (Wildman–Crippen MR) is 102 cm³/mol. The number of hydrogen-bond donors (Lipinski definition) is 3. The van der Waals surface area contributed by atoms with Crippen LogP contribution in [0.2, 0.25) is 0 Å². The molecular formula is C18H20N4O4S. The second-order valence-electron chi connectivity index (χ2n) is 5.33. The first-order valence-electron chi connectivity index (χ1n) is 8.20. The Kier molecular flexibility index (Phi) is 8.14. The van der Waals surface area contributed by atoms with Crippen molar-refractivity contribution in [3.63, 3.8) is 0 Å². The fourth-order valence-electron chi connectivity index (χ4n) is 2.08. The number of rotatable bonds is 7. The van der Waals surface area contributed by atoms with Crippen molar-refractivity contribution in [3.8, 4) is 11.3 Å². The molecule has 0 aliphatic carbocycles. The molecule has 3 rings (SSSR count). The average Bonchev–Trinajstić information content (AvgIpc) is 3.38. The molecule has 0 atom stereocenters. The van der Waals surface area contributed by atoms with Crippen LogP contribution >= 0.6 is 11.3 Å². The summed E-state index contributed by atoms with van der Waals surface area (Å²) in [6.07, 6.45) is 2.46. The van der Waals surface area contributed by atoms with E-state index in [9.17, 15) is 9.59 Å². The van der Waals surface area contributed by atoms with E-state index in [1.54, 1.807) is 11.3 Å². The van der Waals surface area contributed by atoms with E-state index in [1.165, 1.54) is 17.1 Å². The van der Waals surface area contributed by atoms with Crippen molar-refractivity contribution in [1.29, 1.82) is 0 Å². The smallest absolute Gasteiger partial charge is 0.296 e. The quantitative estimate of drug-likeness (QED) is 0.246. The molecule has 27 heavy (non-hydrogen) atoms. The number of aldehydes is 1. The molecule has 0 bridgehead atoms. The van der Waals surface area contributed by atoms with Crippen LogP contribution in [0.3, 0.4) is 0 Å². The lowest BCUT2D eigenvalue weighted by Gasteiger charge is -1.93. The van der Waals surface area contributed by atoms with E-state index < -0.39 is 5.91 Å². The molecular weight excluding hydrogens is 368 g/mol. The molecule has 0 unspecified atom stereocenters. The van der Waals surface area contributed by atoms with Crippen molar-refractivity contribution in [1.82, 2.24) is 15.6 Å². The van der Waals surface area contributed by atoms with Crippen LogP contribution in [0.15, 0.2) is 46.3 Å². The molecule has 0 saturated heterocycles. The highest BCUT2D eigenvalue weighted by Gasteiger charge is 2.10. The van der Waals surface area contributed by atoms with E-state index in [-0.39, 0.29) is 5.69 Å². The Hall–Kier alpha value is -3.04. The fraction of sp³-hybridized carbons (Fsp3) is 0.222. The normalized spacial score (nSPS) is 9.85. The number of benzene rings is 1. The van der Waals surface area contributed by atoms with Gasteiger partial charge in [-0.15, -0.1) is 11.3 Å². The summed E-state index contributed by atoms with van der Waals surface area (Å²) in [4.78, 5) is 25.2. The molecule has 0 spiro atoms. The highest BCUT2D eigenvalue weighted by molar-refractivity contribution is 7.14. The molecule has 0 radical (unpaired) electrons. The van der Waals surface area contributed by atoms with Crippen molar-refractivity contribution >= 4 is 28.7 Å². The van der Waals surface area contributed by atoms with Gasteiger partial charge in [-0.2, -0.15) is 0 Å². The van der Waals surface area contributed by atoms with Gasteiger partial charge < -0.3 is 14.6 Å². The Bertz CT molecular complexity index is 848. The van der Waals surface area contributed by atoms with Gasteiger partial charge in [0, 0.05) is 36.9 Å². The Morgan fingerprint density at radius 1 is 1.33 bits per heavy atom. The number of carbonyl (C=O) groups is 2. The molecule has 2 aromatic heterocycles. The number of aromatic nitrogens is 2. The summed E-state index contributed by atoms with van der Waals surface area (Å²) in [7, 11) is 1.88. The number of hydrogen-bond acceptors (Lipinski definition) is 8. The molecule has 0 saturated carbocycles. The third kappa shape index (κ3) is 6.32. The Balaban J connectivity index is 0.000000194. The minimum atomic E-state index is -0.713. The van der Waals surface area contributed by atoms with Gasteiger partial charge in [-0.3, -0.25) is 10.0 Å². The molecule has 0 aliphatic rings. The standard InChI is InChI=1S/C10H10N2S.C8H10N2O4/c1-11-10-12-9(7-13-10)8-5-3-2-4-6-8;11-4-2-1-3-6-5-7(10-14-6)8(12)9-13/h2-7H,1H3,(H,11,12);4-5,13H,1-3H2,(H,9,12). The number of nitrogens with one attached hydrogen (secondary N) is 2. The fourth-order valence-corrected chi connectivity index (χ4v) is 2.77. The summed E-state index contributed by atoms with van der Waals surface area (Å²) in [5, 5.41) is 17.8. The van der Waals surface area contributed by atoms with Crippen molar-refractivity contribution < 1.29 is 19.3 Å². The molecule has 142 valence electrons. The molecule has 8 nitrogen and oxygen atoms in total. The lowest BCUT2D eigenvalue weighted by Crippen LogP contribution is -2.18. The Labute approximate surface area is 160 Å². The molecule has 3 aromatic rings. The number of anilines is 1. The lowest BCUT2D eigenvalue weighted by molar-refractivity contribution is -0.107. The van der Waals surface area contributed by atoms with Crippen LogP contribution in [-0.4, -0.2) is 34.6 Å². The van der Waals surface area contributed by atoms with Crippen LogP contribution in [0.4, 0.5) is 5.13 Å². The number of thiazole rings is 1. The zero-order valence-electron chi connectivity index (χ0n) is 14.7. The number of unbranched alkanes of at least 4 members (excludes halogenated alkanes) is 1. The lowest BCUT2D eigenvalue weighted by atomic mass is 10.2. The number of nitrogens with zero attached hydrogens (tertiary/aromatic N) is 2. The topological polar surface area (TPSA) is 117 Å². The molecule has 3 N–H and O–H groups in total. The van der Waals surface area contributed by atoms with Gasteiger partial charge in [-0.1, -0.05) is 35.5 Å². The zero-order chi connectivity index (χ0) is 19.5. The maximum absolute atomic E-state index is 10.8. The first-order valence-corrected chi connectivity index (χ1v) is 9.08. The van der Waals surface area contributed by atoms with Crippen molar-refractivity contribution in [3.05, 3.63) is 53.2 Å². The second kappa shape index (κ2) is 10.8. The number of aryl methyl sites for hydroxylation is 1. The maximum Gasteiger partial charge on any atom is 0.296 e. The van der Waals surface area contributed by atoms with Gasteiger partial charge in [-0.25, -0.2) is 10.5 Å². The van der Waals surface area contributed by atoms with Crippen LogP contribution in [0, 0.1) is 0 Å². The van der Waals surface area contributed by atoms with E-state index in [2.05, 4.69) is 33.0 Å². The van der Waals surface area contributed by atoms with Crippen LogP contribution in [0.1, 0.15) is 29.1 Å². The van der Waals surface area contributed by atoms with Crippen molar-refractivity contribution in [2.45, 2.75) is 19.3 Å². The molecule has 0 fully saturated rings. The summed E-state index contributed by atoms with van der Waals surface area (Å²) in [6.45, 7) is 0. The highest BCUT2D eigenvalue weighted by atomic mass is 32.1. The average molecular weight is 388 g/mol. The highest BCUT2D eigenvalue weighted by Crippen LogP contribution is 2.23. The number of amides is 1. The van der Waals surface area contributed by atoms with E-state index in [4.69, 9.17) is 9.73 Å². The van der Waals surface area contributed by atoms with Crippen LogP contribution in [-0.2, 0) is 11.2 Å². The van der Waals surface area contributed by atoms with Gasteiger partial charge >= 0.3 is 0 Å². The van der Waals surface area contributed by atoms with Gasteiger partial charge in [0.2, 0.25) is 0 Å². The van der Waals surface area contributed by atoms with E-state index >= 15 is 0 Å². The predicted octanol–water partition coefficient (Wildman–Crippen LogP) is 3.17. The van der Waals surface area contributed by atoms with Gasteiger partial charge in [0.05, 0.1) is 5.69 Å². The Morgan fingerprint density at radius 2 is 2.11 bits per heavy atom. The van der Waals surface area contributed by atoms with Gasteiger partial charge in [-0.05, 0) is 6.42 Å². The number of hydroxylamine groups is 1. The van der Waals surface area contributed by atoms with Gasteiger partial charge in [0.25, 0.3) is 5.91 Å². The molecule has 0 aliphatic heterocycles. The largest absolute Gasteiger partial charge is 0.365 e. The van der Waals surface area contributed by atoms with Crippen LogP contribution < -0.4 is 10.8 Å². The monoisotopic (exact) mass is 388 g/mol.